The smallest absolute Gasteiger partial charge is 0.358 e. The zero-order valence-corrected chi connectivity index (χ0v) is 15.5. The molecule has 2 heterocycles. The molecule has 0 radical (unpaired) electrons. The minimum atomic E-state index is -0.582. The number of nitrogens with zero attached hydrogens (tertiary/aromatic N) is 6. The second kappa shape index (κ2) is 7.93. The SMILES string of the molecule is Cc1nn(CCNC(=O)C(C)Cn2nc([N+](=O)[O-])cc2C)c(C)c1[N+](=O)[O-]. The molecule has 12 heteroatoms. The van der Waals surface area contributed by atoms with E-state index in [2.05, 4.69) is 15.5 Å². The molecule has 0 aliphatic rings. The summed E-state index contributed by atoms with van der Waals surface area (Å²) in [5.41, 5.74) is 1.33. The fourth-order valence-electron chi connectivity index (χ4n) is 2.74. The maximum absolute atomic E-state index is 12.2. The molecule has 0 spiro atoms. The van der Waals surface area contributed by atoms with Gasteiger partial charge in [-0.25, -0.2) is 0 Å². The fourth-order valence-corrected chi connectivity index (χ4v) is 2.74. The van der Waals surface area contributed by atoms with Crippen LogP contribution in [0.5, 0.6) is 0 Å². The zero-order valence-electron chi connectivity index (χ0n) is 15.5. The maximum Gasteiger partial charge on any atom is 0.390 e. The molecule has 12 nitrogen and oxygen atoms in total. The second-order valence-electron chi connectivity index (χ2n) is 6.27. The Hall–Kier alpha value is -3.31. The van der Waals surface area contributed by atoms with Crippen LogP contribution in [0, 0.1) is 46.9 Å². The number of aromatic nitrogens is 4. The van der Waals surface area contributed by atoms with Gasteiger partial charge in [0.05, 0.1) is 40.8 Å². The van der Waals surface area contributed by atoms with Crippen molar-refractivity contribution in [2.24, 2.45) is 5.92 Å². The lowest BCUT2D eigenvalue weighted by molar-refractivity contribution is -0.389. The molecule has 1 amide bonds. The molecule has 0 saturated heterocycles. The van der Waals surface area contributed by atoms with Gasteiger partial charge in [-0.3, -0.25) is 19.6 Å². The largest absolute Gasteiger partial charge is 0.390 e. The van der Waals surface area contributed by atoms with Crippen molar-refractivity contribution >= 4 is 17.4 Å². The average molecular weight is 379 g/mol. The number of nitro groups is 2. The highest BCUT2D eigenvalue weighted by atomic mass is 16.6. The summed E-state index contributed by atoms with van der Waals surface area (Å²) in [4.78, 5) is 32.9. The van der Waals surface area contributed by atoms with Crippen LogP contribution in [-0.4, -0.2) is 41.9 Å². The van der Waals surface area contributed by atoms with Crippen molar-refractivity contribution in [3.05, 3.63) is 43.4 Å². The third-order valence-electron chi connectivity index (χ3n) is 4.20. The van der Waals surface area contributed by atoms with Gasteiger partial charge >= 0.3 is 11.5 Å². The van der Waals surface area contributed by atoms with E-state index in [1.807, 2.05) is 0 Å². The Morgan fingerprint density at radius 3 is 2.37 bits per heavy atom. The van der Waals surface area contributed by atoms with Crippen molar-refractivity contribution < 1.29 is 14.6 Å². The Morgan fingerprint density at radius 1 is 1.19 bits per heavy atom. The molecule has 0 aliphatic heterocycles. The van der Waals surface area contributed by atoms with Gasteiger partial charge in [-0.1, -0.05) is 6.92 Å². The summed E-state index contributed by atoms with van der Waals surface area (Å²) in [6.45, 7) is 7.29. The van der Waals surface area contributed by atoms with Crippen LogP contribution >= 0.6 is 0 Å². The van der Waals surface area contributed by atoms with Crippen LogP contribution in [0.4, 0.5) is 11.5 Å². The predicted molar refractivity (Wildman–Crippen MR) is 94.1 cm³/mol. The lowest BCUT2D eigenvalue weighted by Crippen LogP contribution is -2.34. The molecule has 0 aliphatic carbocycles. The first-order chi connectivity index (χ1) is 12.6. The van der Waals surface area contributed by atoms with E-state index >= 15 is 0 Å². The van der Waals surface area contributed by atoms with Crippen LogP contribution in [0.1, 0.15) is 24.0 Å². The Labute approximate surface area is 154 Å². The van der Waals surface area contributed by atoms with Crippen LogP contribution < -0.4 is 5.32 Å². The molecule has 146 valence electrons. The Balaban J connectivity index is 1.91. The van der Waals surface area contributed by atoms with Crippen molar-refractivity contribution in [1.29, 1.82) is 0 Å². The van der Waals surface area contributed by atoms with E-state index in [4.69, 9.17) is 0 Å². The first-order valence-electron chi connectivity index (χ1n) is 8.26. The van der Waals surface area contributed by atoms with Crippen molar-refractivity contribution in [2.75, 3.05) is 6.54 Å². The van der Waals surface area contributed by atoms with Crippen LogP contribution in [0.25, 0.3) is 0 Å². The van der Waals surface area contributed by atoms with Gasteiger partial charge in [-0.05, 0) is 25.7 Å². The van der Waals surface area contributed by atoms with E-state index in [1.165, 1.54) is 15.4 Å². The van der Waals surface area contributed by atoms with Crippen molar-refractivity contribution in [1.82, 2.24) is 24.9 Å². The summed E-state index contributed by atoms with van der Waals surface area (Å²) in [5, 5.41) is 32.5. The number of hydrogen-bond donors (Lipinski definition) is 1. The van der Waals surface area contributed by atoms with Crippen molar-refractivity contribution in [3.63, 3.8) is 0 Å². The van der Waals surface area contributed by atoms with E-state index in [-0.39, 0.29) is 30.5 Å². The fraction of sp³-hybridized carbons (Fsp3) is 0.533. The van der Waals surface area contributed by atoms with Gasteiger partial charge < -0.3 is 15.4 Å². The lowest BCUT2D eigenvalue weighted by Gasteiger charge is -2.12. The van der Waals surface area contributed by atoms with E-state index in [9.17, 15) is 25.0 Å². The minimum absolute atomic E-state index is 0.0227. The number of nitrogens with one attached hydrogen (secondary N) is 1. The van der Waals surface area contributed by atoms with Crippen LogP contribution in [0.15, 0.2) is 6.07 Å². The molecule has 2 aromatic heterocycles. The van der Waals surface area contributed by atoms with Crippen LogP contribution in [0.2, 0.25) is 0 Å². The summed E-state index contributed by atoms with van der Waals surface area (Å²) in [6, 6.07) is 1.35. The van der Waals surface area contributed by atoms with E-state index < -0.39 is 15.8 Å². The summed E-state index contributed by atoms with van der Waals surface area (Å²) in [5.74, 6) is -0.965. The highest BCUT2D eigenvalue weighted by Gasteiger charge is 2.23. The summed E-state index contributed by atoms with van der Waals surface area (Å²) < 4.78 is 2.91. The number of carbonyl (C=O) groups is 1. The molecule has 27 heavy (non-hydrogen) atoms. The van der Waals surface area contributed by atoms with E-state index in [1.54, 1.807) is 27.7 Å². The predicted octanol–water partition coefficient (Wildman–Crippen LogP) is 1.27. The monoisotopic (exact) mass is 379 g/mol. The Morgan fingerprint density at radius 2 is 1.85 bits per heavy atom. The third kappa shape index (κ3) is 4.46. The van der Waals surface area contributed by atoms with Gasteiger partial charge in [0.1, 0.15) is 11.4 Å². The van der Waals surface area contributed by atoms with Gasteiger partial charge in [-0.2, -0.15) is 9.78 Å². The highest BCUT2D eigenvalue weighted by Crippen LogP contribution is 2.21. The first-order valence-corrected chi connectivity index (χ1v) is 8.26. The molecule has 0 fully saturated rings. The Kier molecular flexibility index (Phi) is 5.88. The topological polar surface area (TPSA) is 151 Å². The molecule has 1 N–H and O–H groups in total. The molecule has 1 unspecified atom stereocenters. The molecule has 1 atom stereocenters. The number of carbonyl (C=O) groups excluding carboxylic acids is 1. The van der Waals surface area contributed by atoms with Crippen molar-refractivity contribution in [3.8, 4) is 0 Å². The summed E-state index contributed by atoms with van der Waals surface area (Å²) in [7, 11) is 0. The minimum Gasteiger partial charge on any atom is -0.358 e. The van der Waals surface area contributed by atoms with Gasteiger partial charge in [0, 0.05) is 6.54 Å². The molecule has 0 aromatic carbocycles. The standard InChI is InChI=1S/C15H21N7O5/c1-9(8-20-10(2)7-13(18-20)21(24)25)15(23)16-5-6-19-12(4)14(22(26)27)11(3)17-19/h7,9H,5-6,8H2,1-4H3,(H,16,23). The molecule has 2 aromatic rings. The molecular formula is C15H21N7O5. The van der Waals surface area contributed by atoms with E-state index in [0.717, 1.165) is 0 Å². The summed E-state index contributed by atoms with van der Waals surface area (Å²) in [6.07, 6.45) is 0. The van der Waals surface area contributed by atoms with Crippen molar-refractivity contribution in [2.45, 2.75) is 40.8 Å². The van der Waals surface area contributed by atoms with Gasteiger partial charge in [0.15, 0.2) is 0 Å². The second-order valence-corrected chi connectivity index (χ2v) is 6.27. The maximum atomic E-state index is 12.2. The van der Waals surface area contributed by atoms with Gasteiger partial charge in [0.2, 0.25) is 5.91 Å². The number of hydrogen-bond acceptors (Lipinski definition) is 7. The zero-order chi connectivity index (χ0) is 20.3. The van der Waals surface area contributed by atoms with Gasteiger partial charge in [-0.15, -0.1) is 0 Å². The molecule has 0 saturated carbocycles. The van der Waals surface area contributed by atoms with Crippen LogP contribution in [0.3, 0.4) is 0 Å². The third-order valence-corrected chi connectivity index (χ3v) is 4.20. The highest BCUT2D eigenvalue weighted by molar-refractivity contribution is 5.78. The lowest BCUT2D eigenvalue weighted by atomic mass is 10.1. The number of amides is 1. The molecule has 2 rings (SSSR count). The Bertz CT molecular complexity index is 885. The molecular weight excluding hydrogens is 358 g/mol. The number of rotatable bonds is 8. The average Bonchev–Trinajstić information content (AvgIpc) is 3.07. The normalized spacial score (nSPS) is 12.0. The van der Waals surface area contributed by atoms with Gasteiger partial charge in [0.25, 0.3) is 0 Å². The van der Waals surface area contributed by atoms with E-state index in [0.29, 0.717) is 23.6 Å². The first kappa shape index (κ1) is 20.0. The number of aryl methyl sites for hydroxylation is 2. The molecule has 0 bridgehead atoms. The van der Waals surface area contributed by atoms with Crippen LogP contribution in [-0.2, 0) is 17.9 Å². The quantitative estimate of drug-likeness (QED) is 0.535. The summed E-state index contributed by atoms with van der Waals surface area (Å²) >= 11 is 0.